The van der Waals surface area contributed by atoms with E-state index in [0.717, 1.165) is 30.3 Å². The molecule has 2 N–H and O–H groups in total. The molecule has 0 atom stereocenters. The van der Waals surface area contributed by atoms with Gasteiger partial charge in [-0.2, -0.15) is 0 Å². The molecule has 130 valence electrons. The fourth-order valence-electron chi connectivity index (χ4n) is 2.69. The van der Waals surface area contributed by atoms with E-state index < -0.39 is 11.6 Å². The molecule has 0 bridgehead atoms. The normalized spacial score (nSPS) is 13.8. The van der Waals surface area contributed by atoms with Crippen LogP contribution < -0.4 is 15.5 Å². The van der Waals surface area contributed by atoms with E-state index in [0.29, 0.717) is 18.7 Å². The topological polar surface area (TPSA) is 61.4 Å². The molecule has 2 amide bonds. The Kier molecular flexibility index (Phi) is 4.92. The Morgan fingerprint density at radius 3 is 2.32 bits per heavy atom. The van der Waals surface area contributed by atoms with Crippen LogP contribution in [0.15, 0.2) is 42.5 Å². The van der Waals surface area contributed by atoms with E-state index in [-0.39, 0.29) is 24.0 Å². The summed E-state index contributed by atoms with van der Waals surface area (Å²) in [6.45, 7) is 0.577. The zero-order chi connectivity index (χ0) is 17.8. The van der Waals surface area contributed by atoms with Gasteiger partial charge < -0.3 is 15.5 Å². The van der Waals surface area contributed by atoms with Crippen molar-refractivity contribution in [2.75, 3.05) is 28.6 Å². The van der Waals surface area contributed by atoms with Gasteiger partial charge in [0.15, 0.2) is 0 Å². The standard InChI is InChI=1S/C18H17F2N3O2/c19-12-8-13(20)10-15(9-12)21-11-17(24)22-14-3-5-16(6-4-14)23-7-1-2-18(23)25/h3-6,8-10,21H,1-2,7,11H2,(H,22,24). The second kappa shape index (κ2) is 7.29. The molecule has 1 aliphatic rings. The number of halogens is 2. The highest BCUT2D eigenvalue weighted by Gasteiger charge is 2.21. The Morgan fingerprint density at radius 2 is 1.72 bits per heavy atom. The van der Waals surface area contributed by atoms with E-state index in [1.807, 2.05) is 0 Å². The maximum atomic E-state index is 13.1. The lowest BCUT2D eigenvalue weighted by Gasteiger charge is -2.16. The van der Waals surface area contributed by atoms with Gasteiger partial charge in [-0.1, -0.05) is 0 Å². The van der Waals surface area contributed by atoms with E-state index in [1.165, 1.54) is 0 Å². The number of rotatable bonds is 5. The molecule has 2 aromatic rings. The lowest BCUT2D eigenvalue weighted by atomic mass is 10.2. The van der Waals surface area contributed by atoms with Gasteiger partial charge in [-0.3, -0.25) is 9.59 Å². The average Bonchev–Trinajstić information content (AvgIpc) is 2.99. The van der Waals surface area contributed by atoms with Crippen molar-refractivity contribution in [2.24, 2.45) is 0 Å². The van der Waals surface area contributed by atoms with E-state index in [2.05, 4.69) is 10.6 Å². The summed E-state index contributed by atoms with van der Waals surface area (Å²) in [6, 6.07) is 9.94. The first-order valence-corrected chi connectivity index (χ1v) is 7.91. The summed E-state index contributed by atoms with van der Waals surface area (Å²) in [5.74, 6) is -1.68. The third-order valence-electron chi connectivity index (χ3n) is 3.85. The highest BCUT2D eigenvalue weighted by atomic mass is 19.1. The second-order valence-corrected chi connectivity index (χ2v) is 5.76. The Bertz CT molecular complexity index is 773. The SMILES string of the molecule is O=C(CNc1cc(F)cc(F)c1)Nc1ccc(N2CCCC2=O)cc1. The Balaban J connectivity index is 1.55. The van der Waals surface area contributed by atoms with Crippen molar-refractivity contribution >= 4 is 28.9 Å². The molecule has 3 rings (SSSR count). The molecular weight excluding hydrogens is 328 g/mol. The lowest BCUT2D eigenvalue weighted by molar-refractivity contribution is -0.117. The summed E-state index contributed by atoms with van der Waals surface area (Å²) in [6.07, 6.45) is 1.41. The van der Waals surface area contributed by atoms with Gasteiger partial charge in [0.2, 0.25) is 11.8 Å². The van der Waals surface area contributed by atoms with Crippen molar-refractivity contribution < 1.29 is 18.4 Å². The number of benzene rings is 2. The molecular formula is C18H17F2N3O2. The highest BCUT2D eigenvalue weighted by Crippen LogP contribution is 2.23. The third kappa shape index (κ3) is 4.32. The average molecular weight is 345 g/mol. The maximum Gasteiger partial charge on any atom is 0.243 e. The van der Waals surface area contributed by atoms with Gasteiger partial charge in [-0.15, -0.1) is 0 Å². The first kappa shape index (κ1) is 16.9. The molecule has 1 heterocycles. The molecule has 0 unspecified atom stereocenters. The number of hydrogen-bond donors (Lipinski definition) is 2. The van der Waals surface area contributed by atoms with Crippen molar-refractivity contribution in [2.45, 2.75) is 12.8 Å². The predicted octanol–water partition coefficient (Wildman–Crippen LogP) is 3.14. The monoisotopic (exact) mass is 345 g/mol. The molecule has 2 aromatic carbocycles. The van der Waals surface area contributed by atoms with Crippen LogP contribution in [0.5, 0.6) is 0 Å². The van der Waals surface area contributed by atoms with Gasteiger partial charge in [-0.25, -0.2) is 8.78 Å². The van der Waals surface area contributed by atoms with E-state index in [1.54, 1.807) is 29.2 Å². The first-order chi connectivity index (χ1) is 12.0. The van der Waals surface area contributed by atoms with Crippen LogP contribution in [0.1, 0.15) is 12.8 Å². The largest absolute Gasteiger partial charge is 0.376 e. The zero-order valence-corrected chi connectivity index (χ0v) is 13.4. The van der Waals surface area contributed by atoms with Crippen LogP contribution in [0.3, 0.4) is 0 Å². The molecule has 0 radical (unpaired) electrons. The van der Waals surface area contributed by atoms with Crippen LogP contribution in [0.4, 0.5) is 25.8 Å². The van der Waals surface area contributed by atoms with E-state index in [9.17, 15) is 18.4 Å². The number of anilines is 3. The van der Waals surface area contributed by atoms with Gasteiger partial charge in [-0.05, 0) is 42.8 Å². The minimum atomic E-state index is -0.713. The van der Waals surface area contributed by atoms with Gasteiger partial charge in [0, 0.05) is 36.1 Å². The molecule has 0 spiro atoms. The van der Waals surface area contributed by atoms with E-state index in [4.69, 9.17) is 0 Å². The summed E-state index contributed by atoms with van der Waals surface area (Å²) >= 11 is 0. The van der Waals surface area contributed by atoms with Crippen molar-refractivity contribution in [1.82, 2.24) is 0 Å². The van der Waals surface area contributed by atoms with Crippen LogP contribution >= 0.6 is 0 Å². The third-order valence-corrected chi connectivity index (χ3v) is 3.85. The summed E-state index contributed by atoms with van der Waals surface area (Å²) in [4.78, 5) is 25.3. The molecule has 25 heavy (non-hydrogen) atoms. The molecule has 1 aliphatic heterocycles. The fraction of sp³-hybridized carbons (Fsp3) is 0.222. The molecule has 0 aromatic heterocycles. The van der Waals surface area contributed by atoms with Gasteiger partial charge in [0.1, 0.15) is 11.6 Å². The first-order valence-electron chi connectivity index (χ1n) is 7.91. The van der Waals surface area contributed by atoms with Crippen molar-refractivity contribution in [3.8, 4) is 0 Å². The number of nitrogens with one attached hydrogen (secondary N) is 2. The van der Waals surface area contributed by atoms with Crippen LogP contribution in [0.2, 0.25) is 0 Å². The predicted molar refractivity (Wildman–Crippen MR) is 91.5 cm³/mol. The summed E-state index contributed by atoms with van der Waals surface area (Å²) < 4.78 is 26.2. The van der Waals surface area contributed by atoms with Crippen LogP contribution in [-0.2, 0) is 9.59 Å². The van der Waals surface area contributed by atoms with E-state index >= 15 is 0 Å². The maximum absolute atomic E-state index is 13.1. The second-order valence-electron chi connectivity index (χ2n) is 5.76. The van der Waals surface area contributed by atoms with Gasteiger partial charge in [0.25, 0.3) is 0 Å². The molecule has 1 saturated heterocycles. The summed E-state index contributed by atoms with van der Waals surface area (Å²) in [5, 5.41) is 5.34. The lowest BCUT2D eigenvalue weighted by Crippen LogP contribution is -2.24. The molecule has 0 aliphatic carbocycles. The fourth-order valence-corrected chi connectivity index (χ4v) is 2.69. The van der Waals surface area contributed by atoms with Crippen LogP contribution in [-0.4, -0.2) is 24.9 Å². The van der Waals surface area contributed by atoms with Crippen molar-refractivity contribution in [3.63, 3.8) is 0 Å². The van der Waals surface area contributed by atoms with Crippen molar-refractivity contribution in [1.29, 1.82) is 0 Å². The smallest absolute Gasteiger partial charge is 0.243 e. The Labute approximate surface area is 143 Å². The number of nitrogens with zero attached hydrogens (tertiary/aromatic N) is 1. The van der Waals surface area contributed by atoms with Crippen LogP contribution in [0, 0.1) is 11.6 Å². The molecule has 5 nitrogen and oxygen atoms in total. The van der Waals surface area contributed by atoms with Gasteiger partial charge in [0.05, 0.1) is 6.54 Å². The Morgan fingerprint density at radius 1 is 1.04 bits per heavy atom. The quantitative estimate of drug-likeness (QED) is 0.875. The minimum absolute atomic E-state index is 0.100. The molecule has 7 heteroatoms. The number of hydrogen-bond acceptors (Lipinski definition) is 3. The van der Waals surface area contributed by atoms with Gasteiger partial charge >= 0.3 is 0 Å². The molecule has 0 saturated carbocycles. The summed E-state index contributed by atoms with van der Waals surface area (Å²) in [5.41, 5.74) is 1.57. The van der Waals surface area contributed by atoms with Crippen LogP contribution in [0.25, 0.3) is 0 Å². The number of carbonyl (C=O) groups is 2. The summed E-state index contributed by atoms with van der Waals surface area (Å²) in [7, 11) is 0. The number of carbonyl (C=O) groups excluding carboxylic acids is 2. The number of amides is 2. The Hall–Kier alpha value is -2.96. The zero-order valence-electron chi connectivity index (χ0n) is 13.4. The van der Waals surface area contributed by atoms with Crippen molar-refractivity contribution in [3.05, 3.63) is 54.1 Å². The highest BCUT2D eigenvalue weighted by molar-refractivity contribution is 5.96. The molecule has 1 fully saturated rings. The minimum Gasteiger partial charge on any atom is -0.376 e.